The summed E-state index contributed by atoms with van der Waals surface area (Å²) in [6.45, 7) is 5.42. The van der Waals surface area contributed by atoms with Crippen molar-refractivity contribution in [3.8, 4) is 5.69 Å². The average molecular weight is 444 g/mol. The highest BCUT2D eigenvalue weighted by Gasteiger charge is 2.16. The maximum Gasteiger partial charge on any atom is 0.266 e. The molecule has 6 nitrogen and oxygen atoms in total. The fraction of sp³-hybridized carbons (Fsp3) is 0.269. The van der Waals surface area contributed by atoms with Crippen LogP contribution in [0.3, 0.4) is 0 Å². The van der Waals surface area contributed by atoms with Crippen LogP contribution in [0.4, 0.5) is 10.1 Å². The Labute approximate surface area is 191 Å². The van der Waals surface area contributed by atoms with Crippen LogP contribution >= 0.6 is 0 Å². The Kier molecular flexibility index (Phi) is 5.88. The number of hydrogen-bond acceptors (Lipinski definition) is 5. The Bertz CT molecular complexity index is 1360. The molecule has 1 aliphatic heterocycles. The minimum atomic E-state index is -0.462. The lowest BCUT2D eigenvalue weighted by atomic mass is 10.2. The van der Waals surface area contributed by atoms with Crippen molar-refractivity contribution < 1.29 is 4.39 Å². The summed E-state index contributed by atoms with van der Waals surface area (Å²) in [5.74, 6) is 0.0803. The van der Waals surface area contributed by atoms with E-state index in [0.29, 0.717) is 29.3 Å². The van der Waals surface area contributed by atoms with Gasteiger partial charge in [0.1, 0.15) is 11.6 Å². The molecular weight excluding hydrogens is 417 g/mol. The smallest absolute Gasteiger partial charge is 0.266 e. The highest BCUT2D eigenvalue weighted by atomic mass is 19.1. The van der Waals surface area contributed by atoms with Crippen LogP contribution in [0.15, 0.2) is 65.6 Å². The zero-order valence-corrected chi connectivity index (χ0v) is 18.6. The van der Waals surface area contributed by atoms with Gasteiger partial charge in [-0.05, 0) is 80.9 Å². The van der Waals surface area contributed by atoms with Gasteiger partial charge in [-0.1, -0.05) is 12.1 Å². The zero-order chi connectivity index (χ0) is 22.8. The highest BCUT2D eigenvalue weighted by Crippen LogP contribution is 2.19. The number of rotatable bonds is 6. The molecule has 33 heavy (non-hydrogen) atoms. The van der Waals surface area contributed by atoms with Crippen LogP contribution in [0.1, 0.15) is 29.9 Å². The van der Waals surface area contributed by atoms with Gasteiger partial charge in [0.05, 0.1) is 28.8 Å². The fourth-order valence-electron chi connectivity index (χ4n) is 4.44. The van der Waals surface area contributed by atoms with Gasteiger partial charge in [-0.2, -0.15) is 0 Å². The fourth-order valence-corrected chi connectivity index (χ4v) is 4.44. The molecular formula is C26H26FN5O. The van der Waals surface area contributed by atoms with Crippen LogP contribution in [0, 0.1) is 12.7 Å². The minimum Gasteiger partial charge on any atom is -0.378 e. The number of anilines is 1. The molecule has 0 saturated carbocycles. The Morgan fingerprint density at radius 3 is 2.73 bits per heavy atom. The second-order valence-corrected chi connectivity index (χ2v) is 8.48. The van der Waals surface area contributed by atoms with Crippen molar-refractivity contribution in [3.63, 3.8) is 0 Å². The van der Waals surface area contributed by atoms with Crippen LogP contribution in [-0.4, -0.2) is 32.5 Å². The summed E-state index contributed by atoms with van der Waals surface area (Å²) in [5, 5.41) is 3.67. The van der Waals surface area contributed by atoms with E-state index in [1.165, 1.54) is 35.1 Å². The van der Waals surface area contributed by atoms with Gasteiger partial charge in [-0.3, -0.25) is 19.2 Å². The molecule has 2 aromatic carbocycles. The van der Waals surface area contributed by atoms with Crippen molar-refractivity contribution in [1.82, 2.24) is 19.4 Å². The number of aromatic nitrogens is 3. The average Bonchev–Trinajstić information content (AvgIpc) is 3.32. The molecule has 0 atom stereocenters. The largest absolute Gasteiger partial charge is 0.378 e. The van der Waals surface area contributed by atoms with Gasteiger partial charge in [0, 0.05) is 18.4 Å². The molecule has 4 aromatic rings. The van der Waals surface area contributed by atoms with E-state index < -0.39 is 5.82 Å². The van der Waals surface area contributed by atoms with Gasteiger partial charge in [0.25, 0.3) is 5.56 Å². The Morgan fingerprint density at radius 2 is 1.91 bits per heavy atom. The van der Waals surface area contributed by atoms with Gasteiger partial charge in [0.2, 0.25) is 0 Å². The summed E-state index contributed by atoms with van der Waals surface area (Å²) in [4.78, 5) is 24.9. The molecule has 0 unspecified atom stereocenters. The van der Waals surface area contributed by atoms with Gasteiger partial charge in [-0.25, -0.2) is 9.37 Å². The Morgan fingerprint density at radius 1 is 1.06 bits per heavy atom. The van der Waals surface area contributed by atoms with Crippen molar-refractivity contribution in [2.75, 3.05) is 18.4 Å². The standard InChI is InChI=1S/C26H26FN5O/c1-18-24(8-5-11-28-18)32-25(30-23-10-9-20(27)15-22(23)26(32)33)16-29-21-7-4-6-19(14-21)17-31-12-2-3-13-31/h4-11,14-15,29H,2-3,12-13,16-17H2,1H3. The van der Waals surface area contributed by atoms with E-state index in [1.54, 1.807) is 18.3 Å². The lowest BCUT2D eigenvalue weighted by Gasteiger charge is -2.17. The molecule has 5 rings (SSSR count). The highest BCUT2D eigenvalue weighted by molar-refractivity contribution is 5.78. The van der Waals surface area contributed by atoms with E-state index in [0.717, 1.165) is 25.3 Å². The lowest BCUT2D eigenvalue weighted by Crippen LogP contribution is -2.26. The maximum absolute atomic E-state index is 13.9. The van der Waals surface area contributed by atoms with Gasteiger partial charge >= 0.3 is 0 Å². The van der Waals surface area contributed by atoms with Crippen molar-refractivity contribution in [2.45, 2.75) is 32.9 Å². The number of fused-ring (bicyclic) bond motifs is 1. The second-order valence-electron chi connectivity index (χ2n) is 8.48. The molecule has 7 heteroatoms. The number of aryl methyl sites for hydroxylation is 1. The summed E-state index contributed by atoms with van der Waals surface area (Å²) < 4.78 is 15.4. The third-order valence-corrected chi connectivity index (χ3v) is 6.10. The predicted octanol–water partition coefficient (Wildman–Crippen LogP) is 4.44. The van der Waals surface area contributed by atoms with Crippen LogP contribution in [0.2, 0.25) is 0 Å². The normalized spacial score (nSPS) is 14.1. The third kappa shape index (κ3) is 4.50. The van der Waals surface area contributed by atoms with Gasteiger partial charge in [0.15, 0.2) is 0 Å². The van der Waals surface area contributed by atoms with Crippen molar-refractivity contribution in [2.24, 2.45) is 0 Å². The summed E-state index contributed by atoms with van der Waals surface area (Å²) in [6.07, 6.45) is 4.21. The van der Waals surface area contributed by atoms with E-state index in [4.69, 9.17) is 4.98 Å². The lowest BCUT2D eigenvalue weighted by molar-refractivity contribution is 0.331. The third-order valence-electron chi connectivity index (χ3n) is 6.10. The maximum atomic E-state index is 13.9. The first-order valence-electron chi connectivity index (χ1n) is 11.3. The number of likely N-dealkylation sites (tertiary alicyclic amines) is 1. The van der Waals surface area contributed by atoms with Gasteiger partial charge < -0.3 is 5.32 Å². The number of benzene rings is 2. The van der Waals surface area contributed by atoms with Crippen molar-refractivity contribution in [3.05, 3.63) is 94.0 Å². The first kappa shape index (κ1) is 21.3. The monoisotopic (exact) mass is 443 g/mol. The molecule has 0 spiro atoms. The molecule has 3 heterocycles. The summed E-state index contributed by atoms with van der Waals surface area (Å²) >= 11 is 0. The van der Waals surface area contributed by atoms with Crippen LogP contribution in [0.25, 0.3) is 16.6 Å². The topological polar surface area (TPSA) is 63.1 Å². The number of hydrogen-bond donors (Lipinski definition) is 1. The van der Waals surface area contributed by atoms with E-state index in [-0.39, 0.29) is 10.9 Å². The molecule has 0 bridgehead atoms. The predicted molar refractivity (Wildman–Crippen MR) is 128 cm³/mol. The number of nitrogens with one attached hydrogen (secondary N) is 1. The molecule has 1 fully saturated rings. The van der Waals surface area contributed by atoms with Crippen LogP contribution in [-0.2, 0) is 13.1 Å². The Balaban J connectivity index is 1.50. The molecule has 0 amide bonds. The minimum absolute atomic E-state index is 0.245. The SMILES string of the molecule is Cc1ncccc1-n1c(CNc2cccc(CN3CCCC3)c2)nc2ccc(F)cc2c1=O. The number of pyridine rings is 1. The molecule has 2 aromatic heterocycles. The number of nitrogens with zero attached hydrogens (tertiary/aromatic N) is 4. The Hall–Kier alpha value is -3.58. The second kappa shape index (κ2) is 9.11. The molecule has 168 valence electrons. The summed E-state index contributed by atoms with van der Waals surface area (Å²) in [6, 6.07) is 16.1. The van der Waals surface area contributed by atoms with Crippen molar-refractivity contribution >= 4 is 16.6 Å². The molecule has 1 aliphatic rings. The van der Waals surface area contributed by atoms with E-state index >= 15 is 0 Å². The summed E-state index contributed by atoms with van der Waals surface area (Å²) in [7, 11) is 0. The first-order valence-corrected chi connectivity index (χ1v) is 11.3. The van der Waals surface area contributed by atoms with E-state index in [2.05, 4.69) is 27.3 Å². The number of halogens is 1. The first-order chi connectivity index (χ1) is 16.1. The summed E-state index contributed by atoms with van der Waals surface area (Å²) in [5.41, 5.74) is 3.72. The molecule has 0 radical (unpaired) electrons. The van der Waals surface area contributed by atoms with Crippen LogP contribution < -0.4 is 10.9 Å². The quantitative estimate of drug-likeness (QED) is 0.478. The molecule has 0 aliphatic carbocycles. The van der Waals surface area contributed by atoms with Gasteiger partial charge in [-0.15, -0.1) is 0 Å². The zero-order valence-electron chi connectivity index (χ0n) is 18.6. The van der Waals surface area contributed by atoms with Crippen molar-refractivity contribution in [1.29, 1.82) is 0 Å². The van der Waals surface area contributed by atoms with E-state index in [9.17, 15) is 9.18 Å². The molecule has 1 saturated heterocycles. The molecule has 1 N–H and O–H groups in total. The van der Waals surface area contributed by atoms with E-state index in [1.807, 2.05) is 25.1 Å². The van der Waals surface area contributed by atoms with Crippen LogP contribution in [0.5, 0.6) is 0 Å².